The molecule has 1 saturated heterocycles. The van der Waals surface area contributed by atoms with E-state index in [1.165, 1.54) is 0 Å². The minimum absolute atomic E-state index is 0.0444. The van der Waals surface area contributed by atoms with Gasteiger partial charge in [-0.1, -0.05) is 5.21 Å². The highest BCUT2D eigenvalue weighted by molar-refractivity contribution is 5.92. The number of aromatic nitrogens is 4. The summed E-state index contributed by atoms with van der Waals surface area (Å²) in [4.78, 5) is 15.3. The van der Waals surface area contributed by atoms with E-state index >= 15 is 0 Å². The summed E-state index contributed by atoms with van der Waals surface area (Å²) in [6.45, 7) is 1.26. The van der Waals surface area contributed by atoms with Crippen LogP contribution in [-0.2, 0) is 11.3 Å². The first-order valence-electron chi connectivity index (χ1n) is 6.94. The summed E-state index contributed by atoms with van der Waals surface area (Å²) in [5.41, 5.74) is 1.19. The quantitative estimate of drug-likeness (QED) is 0.919. The van der Waals surface area contributed by atoms with Gasteiger partial charge in [0.1, 0.15) is 5.69 Å². The molecule has 1 atom stereocenters. The molecule has 1 aliphatic rings. The van der Waals surface area contributed by atoms with Crippen LogP contribution in [0.5, 0.6) is 0 Å². The van der Waals surface area contributed by atoms with Crippen LogP contribution in [-0.4, -0.2) is 43.8 Å². The van der Waals surface area contributed by atoms with Gasteiger partial charge in [0.25, 0.3) is 0 Å². The van der Waals surface area contributed by atoms with Crippen LogP contribution >= 0.6 is 0 Å². The Morgan fingerprint density at radius 2 is 2.19 bits per heavy atom. The molecule has 0 radical (unpaired) electrons. The standard InChI is InChI=1S/C14H16N4O3/c19-14(20)12-13(10-4-6-15-7-5-10)18(17-16-12)9-11-3-1-2-8-21-11/h4-7,11H,1-3,8-9H2,(H,19,20). The molecular weight excluding hydrogens is 272 g/mol. The van der Waals surface area contributed by atoms with Gasteiger partial charge >= 0.3 is 5.97 Å². The Morgan fingerprint density at radius 1 is 1.38 bits per heavy atom. The maximum atomic E-state index is 11.3. The van der Waals surface area contributed by atoms with Crippen LogP contribution in [0.3, 0.4) is 0 Å². The molecule has 3 heterocycles. The van der Waals surface area contributed by atoms with Crippen molar-refractivity contribution in [1.29, 1.82) is 0 Å². The zero-order valence-corrected chi connectivity index (χ0v) is 11.5. The smallest absolute Gasteiger partial charge is 0.358 e. The van der Waals surface area contributed by atoms with E-state index in [0.717, 1.165) is 31.4 Å². The first-order chi connectivity index (χ1) is 10.3. The molecule has 1 fully saturated rings. The average molecular weight is 288 g/mol. The summed E-state index contributed by atoms with van der Waals surface area (Å²) in [5, 5.41) is 17.1. The molecule has 0 aliphatic carbocycles. The van der Waals surface area contributed by atoms with Crippen molar-refractivity contribution >= 4 is 5.97 Å². The Bertz CT molecular complexity index is 620. The first-order valence-corrected chi connectivity index (χ1v) is 6.94. The zero-order valence-electron chi connectivity index (χ0n) is 11.5. The first kappa shape index (κ1) is 13.7. The van der Waals surface area contributed by atoms with Crippen molar-refractivity contribution in [3.05, 3.63) is 30.2 Å². The van der Waals surface area contributed by atoms with E-state index in [1.54, 1.807) is 29.2 Å². The summed E-state index contributed by atoms with van der Waals surface area (Å²) in [5.74, 6) is -1.09. The van der Waals surface area contributed by atoms with Crippen LogP contribution in [0.25, 0.3) is 11.3 Å². The number of nitrogens with zero attached hydrogens (tertiary/aromatic N) is 4. The number of hydrogen-bond donors (Lipinski definition) is 1. The lowest BCUT2D eigenvalue weighted by molar-refractivity contribution is 0.00398. The van der Waals surface area contributed by atoms with Crippen molar-refractivity contribution in [2.24, 2.45) is 0 Å². The Kier molecular flexibility index (Phi) is 3.92. The van der Waals surface area contributed by atoms with E-state index in [4.69, 9.17) is 4.74 Å². The molecule has 0 aromatic carbocycles. The molecule has 7 nitrogen and oxygen atoms in total. The van der Waals surface area contributed by atoms with E-state index in [9.17, 15) is 9.90 Å². The monoisotopic (exact) mass is 288 g/mol. The van der Waals surface area contributed by atoms with Crippen LogP contribution in [0.15, 0.2) is 24.5 Å². The van der Waals surface area contributed by atoms with Gasteiger partial charge in [-0.05, 0) is 31.4 Å². The molecule has 3 rings (SSSR count). The summed E-state index contributed by atoms with van der Waals surface area (Å²) in [7, 11) is 0. The molecule has 2 aromatic rings. The third-order valence-electron chi connectivity index (χ3n) is 3.54. The van der Waals surface area contributed by atoms with Crippen molar-refractivity contribution in [3.8, 4) is 11.3 Å². The number of hydrogen-bond acceptors (Lipinski definition) is 5. The maximum absolute atomic E-state index is 11.3. The highest BCUT2D eigenvalue weighted by atomic mass is 16.5. The van der Waals surface area contributed by atoms with Crippen LogP contribution in [0.1, 0.15) is 29.8 Å². The number of pyridine rings is 1. The Labute approximate surface area is 121 Å². The highest BCUT2D eigenvalue weighted by Gasteiger charge is 2.23. The third kappa shape index (κ3) is 2.92. The SMILES string of the molecule is O=C(O)c1nnn(CC2CCCCO2)c1-c1ccncc1. The number of rotatable bonds is 4. The van der Waals surface area contributed by atoms with E-state index in [1.807, 2.05) is 0 Å². The predicted molar refractivity (Wildman–Crippen MR) is 73.8 cm³/mol. The molecule has 1 aliphatic heterocycles. The lowest BCUT2D eigenvalue weighted by Crippen LogP contribution is -2.25. The van der Waals surface area contributed by atoms with Crippen molar-refractivity contribution in [3.63, 3.8) is 0 Å². The number of carboxylic acids is 1. The van der Waals surface area contributed by atoms with Gasteiger partial charge in [0.2, 0.25) is 0 Å². The van der Waals surface area contributed by atoms with Gasteiger partial charge in [0.15, 0.2) is 5.69 Å². The van der Waals surface area contributed by atoms with Gasteiger partial charge in [0.05, 0.1) is 12.6 Å². The van der Waals surface area contributed by atoms with Crippen molar-refractivity contribution < 1.29 is 14.6 Å². The van der Waals surface area contributed by atoms with E-state index in [2.05, 4.69) is 15.3 Å². The van der Waals surface area contributed by atoms with Crippen LogP contribution < -0.4 is 0 Å². The third-order valence-corrected chi connectivity index (χ3v) is 3.54. The number of ether oxygens (including phenoxy) is 1. The summed E-state index contributed by atoms with van der Waals surface area (Å²) in [6, 6.07) is 3.51. The second-order valence-corrected chi connectivity index (χ2v) is 5.00. The molecule has 0 bridgehead atoms. The second-order valence-electron chi connectivity index (χ2n) is 5.00. The van der Waals surface area contributed by atoms with Gasteiger partial charge < -0.3 is 9.84 Å². The average Bonchev–Trinajstić information content (AvgIpc) is 2.93. The number of aromatic carboxylic acids is 1. The minimum Gasteiger partial charge on any atom is -0.476 e. The van der Waals surface area contributed by atoms with E-state index in [0.29, 0.717) is 12.2 Å². The molecular formula is C14H16N4O3. The second kappa shape index (κ2) is 6.01. The maximum Gasteiger partial charge on any atom is 0.358 e. The molecule has 110 valence electrons. The summed E-state index contributed by atoms with van der Waals surface area (Å²) < 4.78 is 7.31. The van der Waals surface area contributed by atoms with Crippen LogP contribution in [0, 0.1) is 0 Å². The normalized spacial score (nSPS) is 18.6. The molecule has 21 heavy (non-hydrogen) atoms. The number of carbonyl (C=O) groups is 1. The number of carboxylic acid groups (broad SMARTS) is 1. The van der Waals surface area contributed by atoms with Gasteiger partial charge in [-0.25, -0.2) is 9.48 Å². The lowest BCUT2D eigenvalue weighted by atomic mass is 10.1. The van der Waals surface area contributed by atoms with Crippen molar-refractivity contribution in [1.82, 2.24) is 20.0 Å². The lowest BCUT2D eigenvalue weighted by Gasteiger charge is -2.22. The van der Waals surface area contributed by atoms with Crippen LogP contribution in [0.4, 0.5) is 0 Å². The minimum atomic E-state index is -1.09. The van der Waals surface area contributed by atoms with Gasteiger partial charge in [0, 0.05) is 24.6 Å². The Balaban J connectivity index is 1.95. The van der Waals surface area contributed by atoms with Gasteiger partial charge in [-0.15, -0.1) is 5.10 Å². The fourth-order valence-corrected chi connectivity index (χ4v) is 2.52. The van der Waals surface area contributed by atoms with E-state index < -0.39 is 5.97 Å². The van der Waals surface area contributed by atoms with E-state index in [-0.39, 0.29) is 11.8 Å². The fraction of sp³-hybridized carbons (Fsp3) is 0.429. The predicted octanol–water partition coefficient (Wildman–Crippen LogP) is 1.61. The summed E-state index contributed by atoms with van der Waals surface area (Å²) in [6.07, 6.45) is 6.45. The van der Waals surface area contributed by atoms with Gasteiger partial charge in [-0.2, -0.15) is 0 Å². The van der Waals surface area contributed by atoms with Crippen LogP contribution in [0.2, 0.25) is 0 Å². The molecule has 2 aromatic heterocycles. The molecule has 7 heteroatoms. The van der Waals surface area contributed by atoms with Gasteiger partial charge in [-0.3, -0.25) is 4.98 Å². The summed E-state index contributed by atoms with van der Waals surface area (Å²) >= 11 is 0. The molecule has 1 N–H and O–H groups in total. The Morgan fingerprint density at radius 3 is 2.86 bits per heavy atom. The van der Waals surface area contributed by atoms with Crippen molar-refractivity contribution in [2.45, 2.75) is 31.9 Å². The topological polar surface area (TPSA) is 90.1 Å². The zero-order chi connectivity index (χ0) is 14.7. The molecule has 0 amide bonds. The Hall–Kier alpha value is -2.28. The largest absolute Gasteiger partial charge is 0.476 e. The molecule has 0 spiro atoms. The fourth-order valence-electron chi connectivity index (χ4n) is 2.52. The molecule has 1 unspecified atom stereocenters. The molecule has 0 saturated carbocycles. The highest BCUT2D eigenvalue weighted by Crippen LogP contribution is 2.23. The van der Waals surface area contributed by atoms with Crippen molar-refractivity contribution in [2.75, 3.05) is 6.61 Å².